The number of imide groups is 1. The van der Waals surface area contributed by atoms with Crippen LogP contribution in [-0.2, 0) is 4.74 Å². The van der Waals surface area contributed by atoms with Gasteiger partial charge in [-0.25, -0.2) is 19.7 Å². The molecule has 1 aliphatic heterocycles. The smallest absolute Gasteiger partial charge is 0.417 e. The Morgan fingerprint density at radius 2 is 1.70 bits per heavy atom. The van der Waals surface area contributed by atoms with Gasteiger partial charge in [-0.15, -0.1) is 0 Å². The monoisotopic (exact) mass is 570 g/mol. The number of hydrogen-bond donors (Lipinski definition) is 2. The molecule has 3 amide bonds. The SMILES string of the molecule is Cc1ccc(NC(=O)c2ccc(C(=O)N3C(=O)OC[C@@H]3c3ccccc3)cc2)cc1Nc1nccc(-c2cccnc2)n1. The number of pyridine rings is 1. The van der Waals surface area contributed by atoms with Crippen molar-refractivity contribution in [3.63, 3.8) is 0 Å². The first-order valence-electron chi connectivity index (χ1n) is 13.5. The number of anilines is 3. The molecule has 212 valence electrons. The van der Waals surface area contributed by atoms with Crippen molar-refractivity contribution in [1.82, 2.24) is 19.9 Å². The third kappa shape index (κ3) is 5.94. The third-order valence-electron chi connectivity index (χ3n) is 7.03. The zero-order valence-corrected chi connectivity index (χ0v) is 23.1. The molecule has 5 aromatic rings. The Morgan fingerprint density at radius 1 is 0.907 bits per heavy atom. The van der Waals surface area contributed by atoms with Gasteiger partial charge in [-0.1, -0.05) is 36.4 Å². The maximum absolute atomic E-state index is 13.2. The first kappa shape index (κ1) is 27.3. The Kier molecular flexibility index (Phi) is 7.56. The zero-order chi connectivity index (χ0) is 29.8. The van der Waals surface area contributed by atoms with Crippen LogP contribution in [0.4, 0.5) is 22.1 Å². The number of carbonyl (C=O) groups excluding carboxylic acids is 3. The Hall–Kier alpha value is -5.90. The highest BCUT2D eigenvalue weighted by molar-refractivity contribution is 6.07. The Labute approximate surface area is 247 Å². The summed E-state index contributed by atoms with van der Waals surface area (Å²) in [7, 11) is 0. The van der Waals surface area contributed by atoms with E-state index >= 15 is 0 Å². The lowest BCUT2D eigenvalue weighted by Gasteiger charge is -2.20. The van der Waals surface area contributed by atoms with Gasteiger partial charge in [-0.05, 0) is 72.6 Å². The average molecular weight is 571 g/mol. The molecule has 0 radical (unpaired) electrons. The number of rotatable bonds is 7. The van der Waals surface area contributed by atoms with Crippen LogP contribution in [0.2, 0.25) is 0 Å². The van der Waals surface area contributed by atoms with Gasteiger partial charge in [0.1, 0.15) is 12.6 Å². The Bertz CT molecular complexity index is 1800. The standard InChI is InChI=1S/C33H26N6O4/c1-21-9-14-26(18-28(21)38-32-35-17-15-27(37-32)25-8-5-16-34-19-25)36-30(40)23-10-12-24(13-11-23)31(41)39-29(20-43-33(39)42)22-6-3-2-4-7-22/h2-19,29H,20H2,1H3,(H,36,40)(H,35,37,38)/t29-/m1/s1. The molecule has 0 saturated carbocycles. The van der Waals surface area contributed by atoms with Gasteiger partial charge in [0.05, 0.1) is 5.69 Å². The highest BCUT2D eigenvalue weighted by atomic mass is 16.6. The summed E-state index contributed by atoms with van der Waals surface area (Å²) in [6.07, 6.45) is 4.41. The molecule has 0 aliphatic carbocycles. The van der Waals surface area contributed by atoms with Crippen LogP contribution in [0.1, 0.15) is 37.9 Å². The highest BCUT2D eigenvalue weighted by Crippen LogP contribution is 2.30. The van der Waals surface area contributed by atoms with Crippen molar-refractivity contribution in [2.45, 2.75) is 13.0 Å². The van der Waals surface area contributed by atoms with Crippen molar-refractivity contribution in [2.75, 3.05) is 17.2 Å². The van der Waals surface area contributed by atoms with E-state index in [1.807, 2.05) is 61.5 Å². The van der Waals surface area contributed by atoms with Crippen molar-refractivity contribution in [3.8, 4) is 11.3 Å². The summed E-state index contributed by atoms with van der Waals surface area (Å²) in [6.45, 7) is 2.03. The van der Waals surface area contributed by atoms with E-state index in [-0.39, 0.29) is 18.1 Å². The number of aromatic nitrogens is 3. The van der Waals surface area contributed by atoms with Crippen molar-refractivity contribution in [2.24, 2.45) is 0 Å². The number of benzene rings is 3. The molecule has 1 fully saturated rings. The van der Waals surface area contributed by atoms with Crippen LogP contribution < -0.4 is 10.6 Å². The number of nitrogens with one attached hydrogen (secondary N) is 2. The van der Waals surface area contributed by atoms with Crippen molar-refractivity contribution >= 4 is 35.2 Å². The second kappa shape index (κ2) is 11.9. The van der Waals surface area contributed by atoms with Gasteiger partial charge < -0.3 is 15.4 Å². The summed E-state index contributed by atoms with van der Waals surface area (Å²) < 4.78 is 5.17. The van der Waals surface area contributed by atoms with Crippen molar-refractivity contribution < 1.29 is 19.1 Å². The van der Waals surface area contributed by atoms with E-state index < -0.39 is 18.0 Å². The van der Waals surface area contributed by atoms with Gasteiger partial charge in [0.2, 0.25) is 5.95 Å². The second-order valence-electron chi connectivity index (χ2n) is 9.87. The summed E-state index contributed by atoms with van der Waals surface area (Å²) in [5, 5.41) is 6.12. The topological polar surface area (TPSA) is 126 Å². The zero-order valence-electron chi connectivity index (χ0n) is 23.1. The molecule has 2 aromatic heterocycles. The van der Waals surface area contributed by atoms with Crippen LogP contribution >= 0.6 is 0 Å². The average Bonchev–Trinajstić information content (AvgIpc) is 3.44. The minimum absolute atomic E-state index is 0.0878. The molecule has 10 heteroatoms. The molecular weight excluding hydrogens is 544 g/mol. The molecule has 1 atom stereocenters. The van der Waals surface area contributed by atoms with E-state index in [4.69, 9.17) is 4.74 Å². The molecule has 0 unspecified atom stereocenters. The van der Waals surface area contributed by atoms with Crippen LogP contribution in [0.5, 0.6) is 0 Å². The third-order valence-corrected chi connectivity index (χ3v) is 7.03. The normalized spacial score (nSPS) is 14.2. The van der Waals surface area contributed by atoms with Gasteiger partial charge in [0.25, 0.3) is 11.8 Å². The molecule has 0 spiro atoms. The number of hydrogen-bond acceptors (Lipinski definition) is 8. The molecule has 10 nitrogen and oxygen atoms in total. The van der Waals surface area contributed by atoms with E-state index in [0.717, 1.165) is 33.0 Å². The summed E-state index contributed by atoms with van der Waals surface area (Å²) in [4.78, 5) is 52.9. The number of amides is 3. The fraction of sp³-hybridized carbons (Fsp3) is 0.0909. The summed E-state index contributed by atoms with van der Waals surface area (Å²) in [6, 6.07) is 25.9. The summed E-state index contributed by atoms with van der Waals surface area (Å²) in [5.74, 6) is -0.441. The van der Waals surface area contributed by atoms with E-state index in [0.29, 0.717) is 17.2 Å². The lowest BCUT2D eigenvalue weighted by atomic mass is 10.1. The first-order valence-corrected chi connectivity index (χ1v) is 13.5. The fourth-order valence-electron chi connectivity index (χ4n) is 4.72. The largest absolute Gasteiger partial charge is 0.446 e. The second-order valence-corrected chi connectivity index (χ2v) is 9.87. The maximum atomic E-state index is 13.2. The number of ether oxygens (including phenoxy) is 1. The quantitative estimate of drug-likeness (QED) is 0.238. The van der Waals surface area contributed by atoms with Gasteiger partial charge in [-0.2, -0.15) is 0 Å². The minimum atomic E-state index is -0.696. The molecule has 6 rings (SSSR count). The van der Waals surface area contributed by atoms with Gasteiger partial charge in [0.15, 0.2) is 0 Å². The predicted molar refractivity (Wildman–Crippen MR) is 161 cm³/mol. The highest BCUT2D eigenvalue weighted by Gasteiger charge is 2.39. The molecule has 3 heterocycles. The molecule has 3 aromatic carbocycles. The maximum Gasteiger partial charge on any atom is 0.417 e. The first-order chi connectivity index (χ1) is 21.0. The van der Waals surface area contributed by atoms with E-state index in [9.17, 15) is 14.4 Å². The lowest BCUT2D eigenvalue weighted by Crippen LogP contribution is -2.34. The van der Waals surface area contributed by atoms with Gasteiger partial charge >= 0.3 is 6.09 Å². The molecule has 2 N–H and O–H groups in total. The summed E-state index contributed by atoms with van der Waals surface area (Å²) >= 11 is 0. The van der Waals surface area contributed by atoms with Crippen molar-refractivity contribution in [3.05, 3.63) is 132 Å². The van der Waals surface area contributed by atoms with Crippen LogP contribution in [0, 0.1) is 6.92 Å². The Balaban J connectivity index is 1.14. The number of aryl methyl sites for hydroxylation is 1. The van der Waals surface area contributed by atoms with Gasteiger partial charge in [-0.3, -0.25) is 14.6 Å². The van der Waals surface area contributed by atoms with Crippen molar-refractivity contribution in [1.29, 1.82) is 0 Å². The predicted octanol–water partition coefficient (Wildman–Crippen LogP) is 6.18. The van der Waals surface area contributed by atoms with Gasteiger partial charge in [0, 0.05) is 46.7 Å². The number of nitrogens with zero attached hydrogens (tertiary/aromatic N) is 4. The number of carbonyl (C=O) groups is 3. The molecule has 1 saturated heterocycles. The molecule has 1 aliphatic rings. The van der Waals surface area contributed by atoms with E-state index in [2.05, 4.69) is 25.6 Å². The van der Waals surface area contributed by atoms with E-state index in [1.54, 1.807) is 42.9 Å². The van der Waals surface area contributed by atoms with E-state index in [1.165, 1.54) is 12.1 Å². The lowest BCUT2D eigenvalue weighted by molar-refractivity contribution is 0.0773. The van der Waals surface area contributed by atoms with Crippen LogP contribution in [-0.4, -0.2) is 44.4 Å². The molecular formula is C33H26N6O4. The minimum Gasteiger partial charge on any atom is -0.446 e. The Morgan fingerprint density at radius 3 is 2.47 bits per heavy atom. The van der Waals surface area contributed by atoms with Crippen LogP contribution in [0.3, 0.4) is 0 Å². The molecule has 43 heavy (non-hydrogen) atoms. The van der Waals surface area contributed by atoms with Crippen LogP contribution in [0.25, 0.3) is 11.3 Å². The summed E-state index contributed by atoms with van der Waals surface area (Å²) in [5.41, 5.74) is 5.25. The molecule has 0 bridgehead atoms. The van der Waals surface area contributed by atoms with Crippen LogP contribution in [0.15, 0.2) is 110 Å². The number of cyclic esters (lactones) is 1. The fourth-order valence-corrected chi connectivity index (χ4v) is 4.72.